The van der Waals surface area contributed by atoms with Crippen LogP contribution in [0.25, 0.3) is 11.3 Å². The summed E-state index contributed by atoms with van der Waals surface area (Å²) in [5.41, 5.74) is 9.99. The van der Waals surface area contributed by atoms with Crippen molar-refractivity contribution in [3.8, 4) is 17.0 Å². The molecule has 0 atom stereocenters. The normalized spacial score (nSPS) is 10.6. The van der Waals surface area contributed by atoms with E-state index < -0.39 is 0 Å². The van der Waals surface area contributed by atoms with Crippen LogP contribution in [0.15, 0.2) is 18.2 Å². The first-order valence-corrected chi connectivity index (χ1v) is 6.24. The number of hydrogen-bond acceptors (Lipinski definition) is 4. The van der Waals surface area contributed by atoms with Gasteiger partial charge in [0.25, 0.3) is 0 Å². The van der Waals surface area contributed by atoms with Gasteiger partial charge >= 0.3 is 0 Å². The minimum absolute atomic E-state index is 0.533. The van der Waals surface area contributed by atoms with Gasteiger partial charge in [-0.05, 0) is 48.6 Å². The van der Waals surface area contributed by atoms with Crippen LogP contribution in [0.1, 0.15) is 16.0 Å². The smallest absolute Gasteiger partial charge is 0.128 e. The Hall–Kier alpha value is -1.39. The standard InChI is InChI=1S/C13H16N2OS/c1-8-4-9(2)13(12(5-8)16-3)11-6-10(7-14)17-15-11/h4-6H,7,14H2,1-3H3. The topological polar surface area (TPSA) is 48.1 Å². The molecule has 0 amide bonds. The van der Waals surface area contributed by atoms with Gasteiger partial charge in [0.05, 0.1) is 12.8 Å². The number of methoxy groups -OCH3 is 1. The van der Waals surface area contributed by atoms with E-state index in [-0.39, 0.29) is 0 Å². The molecule has 1 aromatic carbocycles. The number of hydrogen-bond donors (Lipinski definition) is 1. The monoisotopic (exact) mass is 248 g/mol. The van der Waals surface area contributed by atoms with E-state index in [1.54, 1.807) is 7.11 Å². The second kappa shape index (κ2) is 4.85. The summed E-state index contributed by atoms with van der Waals surface area (Å²) in [6.07, 6.45) is 0. The summed E-state index contributed by atoms with van der Waals surface area (Å²) in [6.45, 7) is 4.67. The largest absolute Gasteiger partial charge is 0.496 e. The first-order chi connectivity index (χ1) is 8.15. The summed E-state index contributed by atoms with van der Waals surface area (Å²) in [7, 11) is 1.69. The minimum Gasteiger partial charge on any atom is -0.496 e. The molecule has 1 heterocycles. The maximum atomic E-state index is 5.61. The lowest BCUT2D eigenvalue weighted by Gasteiger charge is -2.10. The van der Waals surface area contributed by atoms with Crippen LogP contribution in [-0.2, 0) is 6.54 Å². The Morgan fingerprint density at radius 2 is 2.06 bits per heavy atom. The van der Waals surface area contributed by atoms with E-state index >= 15 is 0 Å². The number of rotatable bonds is 3. The first-order valence-electron chi connectivity index (χ1n) is 5.47. The predicted molar refractivity (Wildman–Crippen MR) is 71.5 cm³/mol. The molecule has 3 nitrogen and oxygen atoms in total. The van der Waals surface area contributed by atoms with E-state index in [1.807, 2.05) is 12.1 Å². The Morgan fingerprint density at radius 3 is 2.65 bits per heavy atom. The van der Waals surface area contributed by atoms with Crippen molar-refractivity contribution in [2.45, 2.75) is 20.4 Å². The van der Waals surface area contributed by atoms with Crippen LogP contribution >= 0.6 is 11.5 Å². The van der Waals surface area contributed by atoms with E-state index in [9.17, 15) is 0 Å². The summed E-state index contributed by atoms with van der Waals surface area (Å²) in [4.78, 5) is 1.09. The summed E-state index contributed by atoms with van der Waals surface area (Å²) in [5.74, 6) is 0.872. The molecule has 0 bridgehead atoms. The lowest BCUT2D eigenvalue weighted by molar-refractivity contribution is 0.415. The third kappa shape index (κ3) is 2.33. The molecule has 17 heavy (non-hydrogen) atoms. The molecular weight excluding hydrogens is 232 g/mol. The van der Waals surface area contributed by atoms with Gasteiger partial charge in [-0.1, -0.05) is 6.07 Å². The number of aromatic nitrogens is 1. The van der Waals surface area contributed by atoms with Gasteiger partial charge in [0, 0.05) is 17.0 Å². The highest BCUT2D eigenvalue weighted by molar-refractivity contribution is 7.06. The molecule has 0 spiro atoms. The highest BCUT2D eigenvalue weighted by Gasteiger charge is 2.13. The Kier molecular flexibility index (Phi) is 3.45. The van der Waals surface area contributed by atoms with Crippen LogP contribution in [0.5, 0.6) is 5.75 Å². The molecule has 2 aromatic rings. The molecule has 4 heteroatoms. The number of ether oxygens (including phenoxy) is 1. The lowest BCUT2D eigenvalue weighted by Crippen LogP contribution is -1.93. The van der Waals surface area contributed by atoms with Crippen LogP contribution in [0.2, 0.25) is 0 Å². The molecule has 0 unspecified atom stereocenters. The van der Waals surface area contributed by atoms with E-state index in [0.717, 1.165) is 21.9 Å². The summed E-state index contributed by atoms with van der Waals surface area (Å²) < 4.78 is 9.88. The molecular formula is C13H16N2OS. The van der Waals surface area contributed by atoms with Crippen LogP contribution in [0.3, 0.4) is 0 Å². The molecule has 1 aromatic heterocycles. The van der Waals surface area contributed by atoms with Crippen molar-refractivity contribution in [2.24, 2.45) is 5.73 Å². The van der Waals surface area contributed by atoms with Crippen molar-refractivity contribution >= 4 is 11.5 Å². The van der Waals surface area contributed by atoms with E-state index in [4.69, 9.17) is 10.5 Å². The maximum Gasteiger partial charge on any atom is 0.128 e. The zero-order valence-electron chi connectivity index (χ0n) is 10.3. The predicted octanol–water partition coefficient (Wildman–Crippen LogP) is 2.89. The zero-order valence-corrected chi connectivity index (χ0v) is 11.1. The fraction of sp³-hybridized carbons (Fsp3) is 0.308. The minimum atomic E-state index is 0.533. The molecule has 0 radical (unpaired) electrons. The van der Waals surface area contributed by atoms with E-state index in [1.165, 1.54) is 22.7 Å². The fourth-order valence-corrected chi connectivity index (χ4v) is 2.54. The van der Waals surface area contributed by atoms with Gasteiger partial charge in [0.1, 0.15) is 5.75 Å². The van der Waals surface area contributed by atoms with Crippen molar-refractivity contribution in [3.05, 3.63) is 34.2 Å². The van der Waals surface area contributed by atoms with Gasteiger partial charge in [-0.25, -0.2) is 0 Å². The number of benzene rings is 1. The average Bonchev–Trinajstić information content (AvgIpc) is 2.76. The van der Waals surface area contributed by atoms with Gasteiger partial charge < -0.3 is 10.5 Å². The van der Waals surface area contributed by atoms with Crippen LogP contribution < -0.4 is 10.5 Å². The van der Waals surface area contributed by atoms with E-state index in [2.05, 4.69) is 24.3 Å². The maximum absolute atomic E-state index is 5.61. The Labute approximate surface area is 105 Å². The van der Waals surface area contributed by atoms with Crippen LogP contribution in [0, 0.1) is 13.8 Å². The number of nitrogens with zero attached hydrogens (tertiary/aromatic N) is 1. The van der Waals surface area contributed by atoms with Gasteiger partial charge in [-0.3, -0.25) is 0 Å². The van der Waals surface area contributed by atoms with Crippen LogP contribution in [0.4, 0.5) is 0 Å². The molecule has 0 aliphatic heterocycles. The summed E-state index contributed by atoms with van der Waals surface area (Å²) in [5, 5.41) is 0. The lowest BCUT2D eigenvalue weighted by atomic mass is 10.0. The van der Waals surface area contributed by atoms with Crippen molar-refractivity contribution in [3.63, 3.8) is 0 Å². The second-order valence-corrected chi connectivity index (χ2v) is 4.93. The molecule has 0 saturated carbocycles. The molecule has 0 fully saturated rings. The molecule has 0 aliphatic carbocycles. The zero-order chi connectivity index (χ0) is 12.4. The summed E-state index contributed by atoms with van der Waals surface area (Å²) in [6, 6.07) is 6.20. The first kappa shape index (κ1) is 12.1. The Morgan fingerprint density at radius 1 is 1.29 bits per heavy atom. The fourth-order valence-electron chi connectivity index (χ4n) is 1.94. The molecule has 90 valence electrons. The quantitative estimate of drug-likeness (QED) is 0.908. The van der Waals surface area contributed by atoms with Crippen LogP contribution in [-0.4, -0.2) is 11.5 Å². The SMILES string of the molecule is COc1cc(C)cc(C)c1-c1cc(CN)sn1. The van der Waals surface area contributed by atoms with Gasteiger partial charge in [-0.15, -0.1) is 0 Å². The van der Waals surface area contributed by atoms with Gasteiger partial charge in [0.15, 0.2) is 0 Å². The average molecular weight is 248 g/mol. The number of aryl methyl sites for hydroxylation is 2. The van der Waals surface area contributed by atoms with Crippen molar-refractivity contribution in [1.82, 2.24) is 4.37 Å². The van der Waals surface area contributed by atoms with Crippen molar-refractivity contribution < 1.29 is 4.74 Å². The van der Waals surface area contributed by atoms with E-state index in [0.29, 0.717) is 6.54 Å². The third-order valence-electron chi connectivity index (χ3n) is 2.68. The third-order valence-corrected chi connectivity index (χ3v) is 3.49. The van der Waals surface area contributed by atoms with Gasteiger partial charge in [0.2, 0.25) is 0 Å². The van der Waals surface area contributed by atoms with Crippen molar-refractivity contribution in [1.29, 1.82) is 0 Å². The van der Waals surface area contributed by atoms with Crippen molar-refractivity contribution in [2.75, 3.05) is 7.11 Å². The molecule has 0 aliphatic rings. The Balaban J connectivity index is 2.57. The summed E-state index contributed by atoms with van der Waals surface area (Å²) >= 11 is 1.45. The second-order valence-electron chi connectivity index (χ2n) is 4.04. The highest BCUT2D eigenvalue weighted by Crippen LogP contribution is 2.34. The molecule has 0 saturated heterocycles. The van der Waals surface area contributed by atoms with Gasteiger partial charge in [-0.2, -0.15) is 4.37 Å². The Bertz CT molecular complexity index is 534. The molecule has 2 N–H and O–H groups in total. The molecule has 2 rings (SSSR count). The number of nitrogens with two attached hydrogens (primary N) is 1. The highest BCUT2D eigenvalue weighted by atomic mass is 32.1.